The Labute approximate surface area is 176 Å². The van der Waals surface area contributed by atoms with E-state index >= 15 is 0 Å². The zero-order chi connectivity index (χ0) is 21.7. The third-order valence-electron chi connectivity index (χ3n) is 4.99. The summed E-state index contributed by atoms with van der Waals surface area (Å²) < 4.78 is 16.2. The van der Waals surface area contributed by atoms with Gasteiger partial charge in [0, 0.05) is 38.7 Å². The maximum Gasteiger partial charge on any atom is 0.259 e. The van der Waals surface area contributed by atoms with Gasteiger partial charge >= 0.3 is 0 Å². The van der Waals surface area contributed by atoms with Crippen LogP contribution in [-0.2, 0) is 17.8 Å². The fourth-order valence-corrected chi connectivity index (χ4v) is 3.28. The summed E-state index contributed by atoms with van der Waals surface area (Å²) in [5.41, 5.74) is 2.32. The van der Waals surface area contributed by atoms with Gasteiger partial charge in [-0.2, -0.15) is 4.98 Å². The molecule has 30 heavy (non-hydrogen) atoms. The van der Waals surface area contributed by atoms with Crippen molar-refractivity contribution in [2.45, 2.75) is 19.4 Å². The van der Waals surface area contributed by atoms with E-state index in [0.717, 1.165) is 16.9 Å². The number of fused-ring (bicyclic) bond motifs is 1. The number of aryl methyl sites for hydroxylation is 1. The number of pyridine rings is 1. The number of nitrogens with zero attached hydrogens (tertiary/aromatic N) is 3. The van der Waals surface area contributed by atoms with Crippen LogP contribution < -0.4 is 14.2 Å². The van der Waals surface area contributed by atoms with E-state index in [9.17, 15) is 9.59 Å². The molecule has 0 atom stereocenters. The zero-order valence-electron chi connectivity index (χ0n) is 17.8. The van der Waals surface area contributed by atoms with Crippen molar-refractivity contribution in [1.82, 2.24) is 14.8 Å². The van der Waals surface area contributed by atoms with E-state index in [-0.39, 0.29) is 17.7 Å². The first kappa shape index (κ1) is 21.4. The lowest BCUT2D eigenvalue weighted by molar-refractivity contribution is -0.128. The molecule has 0 radical (unpaired) electrons. The van der Waals surface area contributed by atoms with Gasteiger partial charge in [0.2, 0.25) is 17.7 Å². The van der Waals surface area contributed by atoms with Crippen molar-refractivity contribution in [2.24, 2.45) is 0 Å². The van der Waals surface area contributed by atoms with Gasteiger partial charge in [-0.05, 0) is 24.1 Å². The van der Waals surface area contributed by atoms with E-state index in [4.69, 9.17) is 14.2 Å². The summed E-state index contributed by atoms with van der Waals surface area (Å²) in [5.74, 6) is 1.25. The van der Waals surface area contributed by atoms with Crippen molar-refractivity contribution in [2.75, 3.05) is 41.5 Å². The number of amides is 2. The van der Waals surface area contributed by atoms with Gasteiger partial charge in [-0.3, -0.25) is 9.59 Å². The highest BCUT2D eigenvalue weighted by atomic mass is 16.5. The Morgan fingerprint density at radius 3 is 2.67 bits per heavy atom. The summed E-state index contributed by atoms with van der Waals surface area (Å²) in [4.78, 5) is 32.6. The number of aromatic nitrogens is 1. The van der Waals surface area contributed by atoms with Gasteiger partial charge in [0.05, 0.1) is 20.8 Å². The van der Waals surface area contributed by atoms with Crippen LogP contribution in [-0.4, -0.2) is 68.1 Å². The zero-order valence-corrected chi connectivity index (χ0v) is 17.8. The van der Waals surface area contributed by atoms with Crippen LogP contribution in [0.4, 0.5) is 0 Å². The van der Waals surface area contributed by atoms with Crippen LogP contribution in [0, 0.1) is 0 Å². The van der Waals surface area contributed by atoms with Crippen LogP contribution in [0.1, 0.15) is 27.9 Å². The van der Waals surface area contributed by atoms with Crippen molar-refractivity contribution < 1.29 is 23.8 Å². The molecule has 1 aliphatic rings. The van der Waals surface area contributed by atoms with Gasteiger partial charge in [-0.25, -0.2) is 0 Å². The molecule has 0 spiro atoms. The number of methoxy groups -OCH3 is 2. The number of carbonyl (C=O) groups is 2. The molecule has 0 aliphatic carbocycles. The highest BCUT2D eigenvalue weighted by Gasteiger charge is 2.25. The van der Waals surface area contributed by atoms with Crippen molar-refractivity contribution in [3.63, 3.8) is 0 Å². The Morgan fingerprint density at radius 2 is 1.97 bits per heavy atom. The average molecular weight is 413 g/mol. The number of carbonyl (C=O) groups excluding carboxylic acids is 2. The second-order valence-corrected chi connectivity index (χ2v) is 7.22. The summed E-state index contributed by atoms with van der Waals surface area (Å²) in [7, 11) is 6.48. The predicted molar refractivity (Wildman–Crippen MR) is 111 cm³/mol. The summed E-state index contributed by atoms with van der Waals surface area (Å²) in [6.45, 7) is 1.24. The highest BCUT2D eigenvalue weighted by Crippen LogP contribution is 2.27. The van der Waals surface area contributed by atoms with Crippen molar-refractivity contribution >= 4 is 11.8 Å². The van der Waals surface area contributed by atoms with Crippen LogP contribution in [0.2, 0.25) is 0 Å². The van der Waals surface area contributed by atoms with Crippen LogP contribution in [0.15, 0.2) is 30.3 Å². The molecular weight excluding hydrogens is 386 g/mol. The number of rotatable bonds is 6. The molecule has 2 amide bonds. The lowest BCUT2D eigenvalue weighted by atomic mass is 10.0. The number of hydrogen-bond acceptors (Lipinski definition) is 6. The van der Waals surface area contributed by atoms with Crippen LogP contribution in [0.3, 0.4) is 0 Å². The molecule has 3 rings (SSSR count). The molecule has 8 heteroatoms. The predicted octanol–water partition coefficient (Wildman–Crippen LogP) is 2.15. The molecule has 8 nitrogen and oxygen atoms in total. The first-order valence-corrected chi connectivity index (χ1v) is 9.76. The Balaban J connectivity index is 1.79. The van der Waals surface area contributed by atoms with Gasteiger partial charge in [0.25, 0.3) is 5.91 Å². The highest BCUT2D eigenvalue weighted by molar-refractivity contribution is 5.96. The van der Waals surface area contributed by atoms with E-state index in [1.807, 2.05) is 18.2 Å². The Hall–Kier alpha value is -3.29. The second-order valence-electron chi connectivity index (χ2n) is 7.22. The summed E-state index contributed by atoms with van der Waals surface area (Å²) in [5, 5.41) is 0. The summed E-state index contributed by atoms with van der Waals surface area (Å²) in [6.07, 6.45) is 1.07. The molecule has 0 saturated carbocycles. The SMILES string of the molecule is COc1ccc(C(=O)N2CCOc3ccc(CCC(=O)N(C)C)cc3C2)c(OC)n1. The lowest BCUT2D eigenvalue weighted by Gasteiger charge is -2.21. The third-order valence-corrected chi connectivity index (χ3v) is 4.99. The fourth-order valence-electron chi connectivity index (χ4n) is 3.28. The molecule has 1 aliphatic heterocycles. The quantitative estimate of drug-likeness (QED) is 0.722. The maximum absolute atomic E-state index is 13.2. The molecule has 160 valence electrons. The van der Waals surface area contributed by atoms with Gasteiger partial charge in [-0.1, -0.05) is 12.1 Å². The van der Waals surface area contributed by atoms with Crippen LogP contribution in [0.25, 0.3) is 0 Å². The van der Waals surface area contributed by atoms with Crippen molar-refractivity contribution in [1.29, 1.82) is 0 Å². The smallest absolute Gasteiger partial charge is 0.259 e. The van der Waals surface area contributed by atoms with Crippen LogP contribution in [0.5, 0.6) is 17.5 Å². The van der Waals surface area contributed by atoms with Crippen molar-refractivity contribution in [3.05, 3.63) is 47.0 Å². The third kappa shape index (κ3) is 4.82. The minimum absolute atomic E-state index is 0.0806. The minimum Gasteiger partial charge on any atom is -0.491 e. The monoisotopic (exact) mass is 413 g/mol. The van der Waals surface area contributed by atoms with E-state index in [2.05, 4.69) is 4.98 Å². The molecule has 0 unspecified atom stereocenters. The number of benzene rings is 1. The summed E-state index contributed by atoms with van der Waals surface area (Å²) >= 11 is 0. The fraction of sp³-hybridized carbons (Fsp3) is 0.409. The largest absolute Gasteiger partial charge is 0.491 e. The van der Waals surface area contributed by atoms with Gasteiger partial charge in [-0.15, -0.1) is 0 Å². The van der Waals surface area contributed by atoms with E-state index < -0.39 is 0 Å². The normalized spacial score (nSPS) is 13.0. The summed E-state index contributed by atoms with van der Waals surface area (Å²) in [6, 6.07) is 9.18. The van der Waals surface area contributed by atoms with E-state index in [1.165, 1.54) is 14.2 Å². The van der Waals surface area contributed by atoms with E-state index in [1.54, 1.807) is 36.0 Å². The number of hydrogen-bond donors (Lipinski definition) is 0. The van der Waals surface area contributed by atoms with Gasteiger partial charge < -0.3 is 24.0 Å². The molecule has 0 fully saturated rings. The van der Waals surface area contributed by atoms with Crippen molar-refractivity contribution in [3.8, 4) is 17.5 Å². The second kappa shape index (κ2) is 9.47. The molecule has 2 aromatic rings. The minimum atomic E-state index is -0.188. The molecule has 0 N–H and O–H groups in total. The average Bonchev–Trinajstić information content (AvgIpc) is 2.98. The first-order valence-electron chi connectivity index (χ1n) is 9.76. The maximum atomic E-state index is 13.2. The standard InChI is InChI=1S/C22H27N3O5/c1-24(2)20(26)10-6-15-5-8-18-16(13-15)14-25(11-12-30-18)22(27)17-7-9-19(28-3)23-21(17)29-4/h5,7-9,13H,6,10-12,14H2,1-4H3. The Morgan fingerprint density at radius 1 is 1.17 bits per heavy atom. The van der Waals surface area contributed by atoms with Gasteiger partial charge in [0.1, 0.15) is 17.9 Å². The van der Waals surface area contributed by atoms with Gasteiger partial charge in [0.15, 0.2) is 0 Å². The lowest BCUT2D eigenvalue weighted by Crippen LogP contribution is -2.32. The molecule has 2 heterocycles. The molecular formula is C22H27N3O5. The number of ether oxygens (including phenoxy) is 3. The molecule has 1 aromatic carbocycles. The Bertz CT molecular complexity index is 929. The van der Waals surface area contributed by atoms with Crippen LogP contribution >= 0.6 is 0 Å². The Kier molecular flexibility index (Phi) is 6.76. The first-order chi connectivity index (χ1) is 14.4. The molecule has 0 bridgehead atoms. The topological polar surface area (TPSA) is 81.2 Å². The molecule has 1 aromatic heterocycles. The van der Waals surface area contributed by atoms with E-state index in [0.29, 0.717) is 44.0 Å². The molecule has 0 saturated heterocycles.